The number of pyridine rings is 1. The Morgan fingerprint density at radius 3 is 2.85 bits per heavy atom. The van der Waals surface area contributed by atoms with Crippen LogP contribution in [0.1, 0.15) is 6.42 Å². The van der Waals surface area contributed by atoms with E-state index >= 15 is 0 Å². The van der Waals surface area contributed by atoms with E-state index in [2.05, 4.69) is 4.98 Å². The van der Waals surface area contributed by atoms with Gasteiger partial charge in [-0.25, -0.2) is 4.98 Å². The third-order valence-electron chi connectivity index (χ3n) is 3.13. The third-order valence-corrected chi connectivity index (χ3v) is 3.71. The van der Waals surface area contributed by atoms with Crippen LogP contribution >= 0.6 is 23.2 Å². The van der Waals surface area contributed by atoms with Crippen LogP contribution in [0.2, 0.25) is 10.0 Å². The fourth-order valence-corrected chi connectivity index (χ4v) is 2.67. The van der Waals surface area contributed by atoms with E-state index in [0.717, 1.165) is 24.4 Å². The van der Waals surface area contributed by atoms with E-state index in [1.165, 1.54) is 0 Å². The molecular formula is C14H13Cl2N3O. The van der Waals surface area contributed by atoms with Crippen molar-refractivity contribution in [3.63, 3.8) is 0 Å². The predicted molar refractivity (Wildman–Crippen MR) is 82.2 cm³/mol. The minimum absolute atomic E-state index is 0.272. The molecule has 0 aliphatic carbocycles. The molecular weight excluding hydrogens is 297 g/mol. The maximum Gasteiger partial charge on any atom is 0.154 e. The van der Waals surface area contributed by atoms with Gasteiger partial charge in [0, 0.05) is 6.54 Å². The van der Waals surface area contributed by atoms with Crippen LogP contribution in [-0.4, -0.2) is 18.1 Å². The van der Waals surface area contributed by atoms with Crippen LogP contribution in [0.25, 0.3) is 0 Å². The summed E-state index contributed by atoms with van der Waals surface area (Å²) in [6.07, 6.45) is 0.870. The normalized spacial score (nSPS) is 14.4. The Balaban J connectivity index is 2.12. The lowest BCUT2D eigenvalue weighted by Gasteiger charge is -2.24. The first-order valence-electron chi connectivity index (χ1n) is 6.27. The van der Waals surface area contributed by atoms with Gasteiger partial charge in [-0.2, -0.15) is 0 Å². The molecule has 0 radical (unpaired) electrons. The van der Waals surface area contributed by atoms with E-state index in [1.807, 2.05) is 29.2 Å². The van der Waals surface area contributed by atoms with Crippen LogP contribution in [0.3, 0.4) is 0 Å². The summed E-state index contributed by atoms with van der Waals surface area (Å²) in [4.78, 5) is 6.33. The Morgan fingerprint density at radius 2 is 2.00 bits per heavy atom. The highest BCUT2D eigenvalue weighted by Crippen LogP contribution is 2.39. The number of halogens is 2. The number of ether oxygens (including phenoxy) is 1. The summed E-state index contributed by atoms with van der Waals surface area (Å²) in [6.45, 7) is 1.42. The average molecular weight is 310 g/mol. The van der Waals surface area contributed by atoms with Gasteiger partial charge >= 0.3 is 0 Å². The largest absolute Gasteiger partial charge is 0.491 e. The molecule has 2 N–H and O–H groups in total. The first-order chi connectivity index (χ1) is 9.66. The first kappa shape index (κ1) is 13.3. The molecule has 0 saturated carbocycles. The van der Waals surface area contributed by atoms with Gasteiger partial charge in [-0.3, -0.25) is 0 Å². The van der Waals surface area contributed by atoms with Crippen molar-refractivity contribution < 1.29 is 4.74 Å². The second-order valence-electron chi connectivity index (χ2n) is 4.48. The molecule has 4 nitrogen and oxygen atoms in total. The molecule has 1 aliphatic heterocycles. The fraction of sp³-hybridized carbons (Fsp3) is 0.214. The van der Waals surface area contributed by atoms with Gasteiger partial charge in [0.1, 0.15) is 11.6 Å². The molecule has 1 aromatic carbocycles. The van der Waals surface area contributed by atoms with E-state index in [1.54, 1.807) is 6.07 Å². The Labute approximate surface area is 127 Å². The molecule has 6 heteroatoms. The van der Waals surface area contributed by atoms with Crippen LogP contribution in [0, 0.1) is 0 Å². The number of rotatable bonds is 1. The summed E-state index contributed by atoms with van der Waals surface area (Å²) in [6, 6.07) is 9.42. The molecule has 20 heavy (non-hydrogen) atoms. The van der Waals surface area contributed by atoms with Gasteiger partial charge in [0.25, 0.3) is 0 Å². The van der Waals surface area contributed by atoms with Crippen molar-refractivity contribution in [1.82, 2.24) is 4.98 Å². The minimum Gasteiger partial charge on any atom is -0.491 e. The number of aromatic nitrogens is 1. The number of para-hydroxylation sites is 2. The number of nitrogens with zero attached hydrogens (tertiary/aromatic N) is 2. The second kappa shape index (κ2) is 5.38. The van der Waals surface area contributed by atoms with Crippen LogP contribution in [0.4, 0.5) is 17.3 Å². The molecule has 1 aliphatic rings. The van der Waals surface area contributed by atoms with E-state index in [-0.39, 0.29) is 5.82 Å². The molecule has 104 valence electrons. The van der Waals surface area contributed by atoms with Gasteiger partial charge in [0.15, 0.2) is 5.82 Å². The Bertz CT molecular complexity index is 648. The SMILES string of the molecule is Nc1nc(N2CCCOc3ccccc32)c(Cl)cc1Cl. The standard InChI is InChI=1S/C14H13Cl2N3O/c15-9-8-10(16)14(18-13(9)17)19-6-3-7-20-12-5-2-1-4-11(12)19/h1-2,4-5,8H,3,6-7H2,(H2,17,18). The summed E-state index contributed by atoms with van der Waals surface area (Å²) in [5.74, 6) is 1.69. The number of fused-ring (bicyclic) bond motifs is 1. The number of hydrogen-bond acceptors (Lipinski definition) is 4. The summed E-state index contributed by atoms with van der Waals surface area (Å²) in [5, 5.41) is 0.832. The molecule has 0 amide bonds. The van der Waals surface area contributed by atoms with Gasteiger partial charge < -0.3 is 15.4 Å². The zero-order chi connectivity index (χ0) is 14.1. The summed E-state index contributed by atoms with van der Waals surface area (Å²) in [5.41, 5.74) is 6.73. The number of nitrogens with two attached hydrogens (primary N) is 1. The molecule has 0 unspecified atom stereocenters. The van der Waals surface area contributed by atoms with Crippen LogP contribution < -0.4 is 15.4 Å². The zero-order valence-electron chi connectivity index (χ0n) is 10.6. The monoisotopic (exact) mass is 309 g/mol. The number of nitrogen functional groups attached to an aromatic ring is 1. The molecule has 0 spiro atoms. The molecule has 2 heterocycles. The molecule has 1 aromatic heterocycles. The molecule has 0 saturated heterocycles. The van der Waals surface area contributed by atoms with E-state index in [4.69, 9.17) is 33.7 Å². The maximum atomic E-state index is 6.27. The topological polar surface area (TPSA) is 51.4 Å². The van der Waals surface area contributed by atoms with Crippen molar-refractivity contribution in [2.24, 2.45) is 0 Å². The first-order valence-corrected chi connectivity index (χ1v) is 7.03. The highest BCUT2D eigenvalue weighted by atomic mass is 35.5. The van der Waals surface area contributed by atoms with Crippen LogP contribution in [-0.2, 0) is 0 Å². The van der Waals surface area contributed by atoms with Crippen molar-refractivity contribution >= 4 is 40.5 Å². The zero-order valence-corrected chi connectivity index (χ0v) is 12.2. The van der Waals surface area contributed by atoms with Crippen molar-refractivity contribution in [2.45, 2.75) is 6.42 Å². The summed E-state index contributed by atoms with van der Waals surface area (Å²) in [7, 11) is 0. The maximum absolute atomic E-state index is 6.27. The smallest absolute Gasteiger partial charge is 0.154 e. The minimum atomic E-state index is 0.272. The van der Waals surface area contributed by atoms with E-state index in [0.29, 0.717) is 22.5 Å². The van der Waals surface area contributed by atoms with E-state index in [9.17, 15) is 0 Å². The van der Waals surface area contributed by atoms with Gasteiger partial charge in [0.05, 0.1) is 22.3 Å². The van der Waals surface area contributed by atoms with Crippen molar-refractivity contribution in [2.75, 3.05) is 23.8 Å². The number of anilines is 3. The van der Waals surface area contributed by atoms with Gasteiger partial charge in [-0.1, -0.05) is 35.3 Å². The molecule has 0 bridgehead atoms. The molecule has 0 fully saturated rings. The quantitative estimate of drug-likeness (QED) is 0.868. The van der Waals surface area contributed by atoms with Crippen LogP contribution in [0.5, 0.6) is 5.75 Å². The molecule has 3 rings (SSSR count). The van der Waals surface area contributed by atoms with Crippen LogP contribution in [0.15, 0.2) is 30.3 Å². The van der Waals surface area contributed by atoms with Gasteiger partial charge in [-0.05, 0) is 24.6 Å². The Morgan fingerprint density at radius 1 is 1.20 bits per heavy atom. The molecule has 0 atom stereocenters. The highest BCUT2D eigenvalue weighted by molar-refractivity contribution is 6.37. The van der Waals surface area contributed by atoms with Gasteiger partial charge in [0.2, 0.25) is 0 Å². The number of hydrogen-bond donors (Lipinski definition) is 1. The van der Waals surface area contributed by atoms with Crippen molar-refractivity contribution in [3.05, 3.63) is 40.4 Å². The van der Waals surface area contributed by atoms with E-state index < -0.39 is 0 Å². The van der Waals surface area contributed by atoms with Gasteiger partial charge in [-0.15, -0.1) is 0 Å². The third kappa shape index (κ3) is 2.37. The van der Waals surface area contributed by atoms with Crippen molar-refractivity contribution in [1.29, 1.82) is 0 Å². The lowest BCUT2D eigenvalue weighted by molar-refractivity contribution is 0.322. The number of benzene rings is 1. The molecule has 2 aromatic rings. The summed E-state index contributed by atoms with van der Waals surface area (Å²) >= 11 is 12.2. The Hall–Kier alpha value is -1.65. The Kier molecular flexibility index (Phi) is 3.59. The summed E-state index contributed by atoms with van der Waals surface area (Å²) < 4.78 is 5.72. The lowest BCUT2D eigenvalue weighted by atomic mass is 10.2. The fourth-order valence-electron chi connectivity index (χ4n) is 2.21. The predicted octanol–water partition coefficient (Wildman–Crippen LogP) is 3.89. The average Bonchev–Trinajstić information content (AvgIpc) is 2.65. The van der Waals surface area contributed by atoms with Crippen molar-refractivity contribution in [3.8, 4) is 5.75 Å². The second-order valence-corrected chi connectivity index (χ2v) is 5.30. The lowest BCUT2D eigenvalue weighted by Crippen LogP contribution is -2.19. The highest BCUT2D eigenvalue weighted by Gasteiger charge is 2.21.